The Balaban J connectivity index is 2.16. The lowest BCUT2D eigenvalue weighted by atomic mass is 9.95. The highest BCUT2D eigenvalue weighted by molar-refractivity contribution is 8.14. The molecule has 0 saturated carbocycles. The van der Waals surface area contributed by atoms with Crippen LogP contribution in [0.25, 0.3) is 0 Å². The number of thioether (sulfide) groups is 1. The highest BCUT2D eigenvalue weighted by Crippen LogP contribution is 2.37. The van der Waals surface area contributed by atoms with Crippen molar-refractivity contribution in [1.29, 1.82) is 0 Å². The van der Waals surface area contributed by atoms with Crippen molar-refractivity contribution in [1.82, 2.24) is 4.90 Å². The molecule has 2 aliphatic heterocycles. The fourth-order valence-corrected chi connectivity index (χ4v) is 3.15. The molecule has 2 aliphatic rings. The van der Waals surface area contributed by atoms with Crippen LogP contribution in [0.2, 0.25) is 0 Å². The molecule has 0 radical (unpaired) electrons. The molecule has 3 N–H and O–H groups in total. The number of ether oxygens (including phenoxy) is 1. The van der Waals surface area contributed by atoms with Crippen LogP contribution in [0, 0.1) is 0 Å². The van der Waals surface area contributed by atoms with Crippen molar-refractivity contribution < 1.29 is 20.1 Å². The smallest absolute Gasteiger partial charge is 0.161 e. The predicted octanol–water partition coefficient (Wildman–Crippen LogP) is -0.987. The maximum absolute atomic E-state index is 10.0. The summed E-state index contributed by atoms with van der Waals surface area (Å²) < 4.78 is 5.62. The fourth-order valence-electron chi connectivity index (χ4n) is 2.01. The number of hydrogen-bond donors (Lipinski definition) is 3. The van der Waals surface area contributed by atoms with Gasteiger partial charge in [0.2, 0.25) is 0 Å². The number of fused-ring (bicyclic) bond motifs is 1. The molecule has 7 heteroatoms. The number of aliphatic hydroxyl groups excluding tert-OH is 3. The molecule has 6 nitrogen and oxygen atoms in total. The van der Waals surface area contributed by atoms with E-state index in [1.54, 1.807) is 0 Å². The van der Waals surface area contributed by atoms with Crippen molar-refractivity contribution in [2.75, 3.05) is 14.1 Å². The Morgan fingerprint density at radius 1 is 1.44 bits per heavy atom. The highest BCUT2D eigenvalue weighted by Gasteiger charge is 2.49. The molecule has 0 amide bonds. The zero-order valence-corrected chi connectivity index (χ0v) is 11.1. The van der Waals surface area contributed by atoms with Gasteiger partial charge in [0.05, 0.1) is 0 Å². The molecule has 18 heavy (non-hydrogen) atoms. The summed E-state index contributed by atoms with van der Waals surface area (Å²) in [6, 6.07) is -0.504. The molecule has 2 rings (SSSR count). The normalized spacial score (nSPS) is 40.9. The largest absolute Gasteiger partial charge is 0.388 e. The fraction of sp³-hybridized carbons (Fsp3) is 0.727. The third-order valence-electron chi connectivity index (χ3n) is 3.05. The van der Waals surface area contributed by atoms with Crippen LogP contribution in [0.4, 0.5) is 0 Å². The van der Waals surface area contributed by atoms with Crippen LogP contribution in [0.15, 0.2) is 17.6 Å². The van der Waals surface area contributed by atoms with Crippen LogP contribution >= 0.6 is 11.8 Å². The number of rotatable bonds is 2. The Kier molecular flexibility index (Phi) is 3.98. The van der Waals surface area contributed by atoms with Crippen LogP contribution in [0.1, 0.15) is 0 Å². The first-order valence-electron chi connectivity index (χ1n) is 5.69. The van der Waals surface area contributed by atoms with E-state index in [-0.39, 0.29) is 5.44 Å². The number of aliphatic hydroxyl groups is 3. The summed E-state index contributed by atoms with van der Waals surface area (Å²) in [4.78, 5) is 6.15. The Morgan fingerprint density at radius 2 is 2.11 bits per heavy atom. The maximum atomic E-state index is 10.0. The molecule has 6 atom stereocenters. The summed E-state index contributed by atoms with van der Waals surface area (Å²) in [6.07, 6.45) is -2.82. The van der Waals surface area contributed by atoms with Crippen molar-refractivity contribution in [2.45, 2.75) is 35.9 Å². The molecule has 0 aromatic heterocycles. The van der Waals surface area contributed by atoms with Crippen molar-refractivity contribution in [3.05, 3.63) is 12.7 Å². The molecular formula is C11H18N2O4S. The van der Waals surface area contributed by atoms with E-state index in [1.165, 1.54) is 17.8 Å². The topological polar surface area (TPSA) is 85.5 Å². The van der Waals surface area contributed by atoms with E-state index < -0.39 is 30.5 Å². The van der Waals surface area contributed by atoms with Crippen LogP contribution in [0.5, 0.6) is 0 Å². The third-order valence-corrected chi connectivity index (χ3v) is 4.35. The van der Waals surface area contributed by atoms with Gasteiger partial charge in [0, 0.05) is 14.1 Å². The minimum atomic E-state index is -1.18. The standard InChI is InChI=1S/C11H18N2O4S/c1-4-5(14)9-8(16)7(15)6-10(17-9)18-11(12-6)13(2)3/h4-10,14-16H,1H2,2-3H3. The number of hydrogen-bond acceptors (Lipinski definition) is 7. The summed E-state index contributed by atoms with van der Waals surface area (Å²) in [5.41, 5.74) is -0.389. The molecule has 102 valence electrons. The third kappa shape index (κ3) is 2.28. The maximum Gasteiger partial charge on any atom is 0.161 e. The van der Waals surface area contributed by atoms with E-state index in [4.69, 9.17) is 4.74 Å². The van der Waals surface area contributed by atoms with E-state index in [9.17, 15) is 15.3 Å². The quantitative estimate of drug-likeness (QED) is 0.561. The van der Waals surface area contributed by atoms with Gasteiger partial charge in [-0.25, -0.2) is 0 Å². The second-order valence-electron chi connectivity index (χ2n) is 4.59. The lowest BCUT2D eigenvalue weighted by Gasteiger charge is -2.39. The second-order valence-corrected chi connectivity index (χ2v) is 5.66. The first kappa shape index (κ1) is 13.8. The number of aliphatic imine (C=N–C) groups is 1. The first-order chi connectivity index (χ1) is 8.45. The highest BCUT2D eigenvalue weighted by atomic mass is 32.2. The van der Waals surface area contributed by atoms with E-state index in [0.29, 0.717) is 0 Å². The minimum absolute atomic E-state index is 0.389. The summed E-state index contributed by atoms with van der Waals surface area (Å²) in [5, 5.41) is 30.4. The van der Waals surface area contributed by atoms with E-state index in [2.05, 4.69) is 11.6 Å². The van der Waals surface area contributed by atoms with Crippen molar-refractivity contribution in [3.63, 3.8) is 0 Å². The zero-order chi connectivity index (χ0) is 13.4. The van der Waals surface area contributed by atoms with Gasteiger partial charge >= 0.3 is 0 Å². The van der Waals surface area contributed by atoms with Gasteiger partial charge in [-0.2, -0.15) is 0 Å². The van der Waals surface area contributed by atoms with Crippen LogP contribution in [-0.4, -0.2) is 75.4 Å². The lowest BCUT2D eigenvalue weighted by Crippen LogP contribution is -2.57. The monoisotopic (exact) mass is 274 g/mol. The van der Waals surface area contributed by atoms with Gasteiger partial charge in [0.1, 0.15) is 35.9 Å². The molecule has 2 heterocycles. The molecular weight excluding hydrogens is 256 g/mol. The van der Waals surface area contributed by atoms with E-state index in [1.807, 2.05) is 19.0 Å². The van der Waals surface area contributed by atoms with Crippen LogP contribution in [-0.2, 0) is 4.74 Å². The number of amidine groups is 1. The van der Waals surface area contributed by atoms with Crippen molar-refractivity contribution >= 4 is 16.9 Å². The minimum Gasteiger partial charge on any atom is -0.388 e. The molecule has 0 bridgehead atoms. The molecule has 0 aliphatic carbocycles. The van der Waals surface area contributed by atoms with Gasteiger partial charge in [0.15, 0.2) is 5.17 Å². The molecule has 0 spiro atoms. The van der Waals surface area contributed by atoms with Gasteiger partial charge in [-0.3, -0.25) is 4.99 Å². The molecule has 6 unspecified atom stereocenters. The molecule has 0 aromatic rings. The Labute approximate surface area is 110 Å². The Hall–Kier alpha value is -0.600. The molecule has 0 aromatic carbocycles. The van der Waals surface area contributed by atoms with Gasteiger partial charge in [-0.15, -0.1) is 6.58 Å². The van der Waals surface area contributed by atoms with Crippen LogP contribution in [0.3, 0.4) is 0 Å². The average Bonchev–Trinajstić information content (AvgIpc) is 2.77. The van der Waals surface area contributed by atoms with Crippen molar-refractivity contribution in [3.8, 4) is 0 Å². The Morgan fingerprint density at radius 3 is 2.67 bits per heavy atom. The molecule has 1 saturated heterocycles. The van der Waals surface area contributed by atoms with Gasteiger partial charge in [-0.1, -0.05) is 17.8 Å². The Bertz CT molecular complexity index is 363. The van der Waals surface area contributed by atoms with E-state index in [0.717, 1.165) is 5.17 Å². The summed E-state index contributed by atoms with van der Waals surface area (Å²) in [7, 11) is 3.70. The zero-order valence-electron chi connectivity index (χ0n) is 10.3. The number of nitrogens with zero attached hydrogens (tertiary/aromatic N) is 2. The average molecular weight is 274 g/mol. The SMILES string of the molecule is C=CC(O)C1OC2SC(N(C)C)=NC2C(O)C1O. The van der Waals surface area contributed by atoms with Gasteiger partial charge in [-0.05, 0) is 0 Å². The molecule has 1 fully saturated rings. The summed E-state index contributed by atoms with van der Waals surface area (Å²) in [5.74, 6) is 0. The van der Waals surface area contributed by atoms with Crippen molar-refractivity contribution in [2.24, 2.45) is 4.99 Å². The van der Waals surface area contributed by atoms with Gasteiger partial charge in [0.25, 0.3) is 0 Å². The van der Waals surface area contributed by atoms with Crippen LogP contribution < -0.4 is 0 Å². The first-order valence-corrected chi connectivity index (χ1v) is 6.57. The predicted molar refractivity (Wildman–Crippen MR) is 69.4 cm³/mol. The summed E-state index contributed by atoms with van der Waals surface area (Å²) in [6.45, 7) is 3.46. The van der Waals surface area contributed by atoms with E-state index >= 15 is 0 Å². The second kappa shape index (κ2) is 5.18. The lowest BCUT2D eigenvalue weighted by molar-refractivity contribution is -0.176. The van der Waals surface area contributed by atoms with Gasteiger partial charge < -0.3 is 25.0 Å². The summed E-state index contributed by atoms with van der Waals surface area (Å²) >= 11 is 1.38.